The van der Waals surface area contributed by atoms with Crippen LogP contribution in [0.25, 0.3) is 0 Å². The van der Waals surface area contributed by atoms with E-state index in [1.807, 2.05) is 19.2 Å². The molecule has 0 aliphatic carbocycles. The lowest BCUT2D eigenvalue weighted by molar-refractivity contribution is 0.516. The first-order valence-corrected chi connectivity index (χ1v) is 8.75. The van der Waals surface area contributed by atoms with Crippen molar-refractivity contribution in [2.24, 2.45) is 0 Å². The van der Waals surface area contributed by atoms with Crippen molar-refractivity contribution in [1.29, 1.82) is 0 Å². The molecular weight excluding hydrogens is 296 g/mol. The minimum Gasteiger partial charge on any atom is -0.249 e. The molecule has 110 valence electrons. The van der Waals surface area contributed by atoms with Crippen LogP contribution in [0.2, 0.25) is 0 Å². The number of hydrogen-bond acceptors (Lipinski definition) is 5. The van der Waals surface area contributed by atoms with E-state index in [-0.39, 0.29) is 0 Å². The molecule has 0 unspecified atom stereocenters. The van der Waals surface area contributed by atoms with E-state index in [1.54, 1.807) is 17.7 Å². The van der Waals surface area contributed by atoms with E-state index in [2.05, 4.69) is 14.8 Å². The number of nitrogens with one attached hydrogen (secondary N) is 1. The van der Waals surface area contributed by atoms with E-state index >= 15 is 0 Å². The molecule has 0 radical (unpaired) electrons. The summed E-state index contributed by atoms with van der Waals surface area (Å²) in [6.07, 6.45) is 2.37. The average Bonchev–Trinajstić information content (AvgIpc) is 2.98. The highest BCUT2D eigenvalue weighted by atomic mass is 32.2. The molecule has 0 fully saturated rings. The van der Waals surface area contributed by atoms with Crippen molar-refractivity contribution in [2.45, 2.75) is 44.0 Å². The fourth-order valence-electron chi connectivity index (χ4n) is 1.88. The number of thiophene rings is 1. The van der Waals surface area contributed by atoms with Crippen molar-refractivity contribution < 1.29 is 8.42 Å². The molecule has 0 spiro atoms. The van der Waals surface area contributed by atoms with Crippen LogP contribution >= 0.6 is 11.3 Å². The molecule has 0 saturated heterocycles. The van der Waals surface area contributed by atoms with Gasteiger partial charge in [-0.2, -0.15) is 5.10 Å². The molecule has 2 aromatic rings. The third kappa shape index (κ3) is 3.25. The molecule has 0 aliphatic heterocycles. The van der Waals surface area contributed by atoms with Crippen molar-refractivity contribution in [3.63, 3.8) is 0 Å². The summed E-state index contributed by atoms with van der Waals surface area (Å²) in [5.41, 5.74) is 0.942. The van der Waals surface area contributed by atoms with E-state index in [9.17, 15) is 8.42 Å². The molecule has 0 amide bonds. The van der Waals surface area contributed by atoms with Crippen LogP contribution in [0.1, 0.15) is 37.7 Å². The van der Waals surface area contributed by atoms with Crippen molar-refractivity contribution in [3.05, 3.63) is 29.2 Å². The number of hydrogen-bond donors (Lipinski definition) is 1. The number of rotatable bonds is 6. The van der Waals surface area contributed by atoms with Gasteiger partial charge in [0.05, 0.1) is 6.04 Å². The Hall–Kier alpha value is -1.25. The predicted molar refractivity (Wildman–Crippen MR) is 78.1 cm³/mol. The maximum atomic E-state index is 12.3. The van der Waals surface area contributed by atoms with Crippen LogP contribution in [0, 0.1) is 6.92 Å². The minimum absolute atomic E-state index is 0.323. The summed E-state index contributed by atoms with van der Waals surface area (Å²) >= 11 is 1.22. The molecule has 1 atom stereocenters. The van der Waals surface area contributed by atoms with Crippen LogP contribution in [0.3, 0.4) is 0 Å². The number of nitrogens with zero attached hydrogens (tertiary/aromatic N) is 3. The van der Waals surface area contributed by atoms with Crippen molar-refractivity contribution >= 4 is 21.4 Å². The molecular formula is C12H18N4O2S2. The maximum Gasteiger partial charge on any atom is 0.250 e. The SMILES string of the molecule is CCCn1ncnc1[C@H](C)NS(=O)(=O)c1cc(C)cs1. The van der Waals surface area contributed by atoms with Gasteiger partial charge in [0.2, 0.25) is 0 Å². The highest BCUT2D eigenvalue weighted by Gasteiger charge is 2.22. The molecule has 0 aromatic carbocycles. The Morgan fingerprint density at radius 2 is 2.25 bits per heavy atom. The fraction of sp³-hybridized carbons (Fsp3) is 0.500. The van der Waals surface area contributed by atoms with E-state index in [4.69, 9.17) is 0 Å². The van der Waals surface area contributed by atoms with Gasteiger partial charge in [-0.25, -0.2) is 22.8 Å². The van der Waals surface area contributed by atoms with E-state index in [1.165, 1.54) is 17.7 Å². The monoisotopic (exact) mass is 314 g/mol. The van der Waals surface area contributed by atoms with Gasteiger partial charge in [0.1, 0.15) is 16.4 Å². The van der Waals surface area contributed by atoms with Crippen molar-refractivity contribution in [2.75, 3.05) is 0 Å². The highest BCUT2D eigenvalue weighted by molar-refractivity contribution is 7.91. The smallest absolute Gasteiger partial charge is 0.249 e. The Kier molecular flexibility index (Phi) is 4.56. The molecule has 8 heteroatoms. The van der Waals surface area contributed by atoms with E-state index in [0.29, 0.717) is 10.0 Å². The quantitative estimate of drug-likeness (QED) is 0.886. The van der Waals surface area contributed by atoms with Crippen LogP contribution < -0.4 is 4.72 Å². The first kappa shape index (κ1) is 15.1. The van der Waals surface area contributed by atoms with E-state index < -0.39 is 16.1 Å². The van der Waals surface area contributed by atoms with Crippen LogP contribution in [-0.4, -0.2) is 23.2 Å². The second-order valence-electron chi connectivity index (χ2n) is 4.63. The van der Waals surface area contributed by atoms with Gasteiger partial charge < -0.3 is 0 Å². The van der Waals surface area contributed by atoms with Crippen LogP contribution in [0.5, 0.6) is 0 Å². The third-order valence-electron chi connectivity index (χ3n) is 2.77. The van der Waals surface area contributed by atoms with Gasteiger partial charge >= 0.3 is 0 Å². The topological polar surface area (TPSA) is 76.9 Å². The summed E-state index contributed by atoms with van der Waals surface area (Å²) < 4.78 is 29.2. The number of aryl methyl sites for hydroxylation is 2. The zero-order valence-corrected chi connectivity index (χ0v) is 13.3. The van der Waals surface area contributed by atoms with Crippen molar-refractivity contribution in [1.82, 2.24) is 19.5 Å². The number of sulfonamides is 1. The standard InChI is InChI=1S/C12H18N4O2S2/c1-4-5-16-12(13-8-14-16)10(3)15-20(17,18)11-6-9(2)7-19-11/h6-8,10,15H,4-5H2,1-3H3/t10-/m0/s1. The highest BCUT2D eigenvalue weighted by Crippen LogP contribution is 2.21. The lowest BCUT2D eigenvalue weighted by Gasteiger charge is -2.13. The molecule has 0 aliphatic rings. The van der Waals surface area contributed by atoms with Crippen molar-refractivity contribution in [3.8, 4) is 0 Å². The molecule has 0 saturated carbocycles. The van der Waals surface area contributed by atoms with Crippen LogP contribution in [-0.2, 0) is 16.6 Å². The lowest BCUT2D eigenvalue weighted by atomic mass is 10.3. The third-order valence-corrected chi connectivity index (χ3v) is 5.87. The van der Waals surface area contributed by atoms with Gasteiger partial charge in [0.25, 0.3) is 10.0 Å². The molecule has 6 nitrogen and oxygen atoms in total. The summed E-state index contributed by atoms with van der Waals surface area (Å²) in [5.74, 6) is 0.628. The largest absolute Gasteiger partial charge is 0.250 e. The Morgan fingerprint density at radius 1 is 1.50 bits per heavy atom. The fourth-order valence-corrected chi connectivity index (χ4v) is 4.33. The predicted octanol–water partition coefficient (Wildman–Crippen LogP) is 2.10. The van der Waals surface area contributed by atoms with Gasteiger partial charge in [-0.3, -0.25) is 0 Å². The first-order valence-electron chi connectivity index (χ1n) is 6.39. The van der Waals surface area contributed by atoms with E-state index in [0.717, 1.165) is 18.5 Å². The second kappa shape index (κ2) is 6.02. The van der Waals surface area contributed by atoms with Crippen LogP contribution in [0.4, 0.5) is 0 Å². The molecule has 0 bridgehead atoms. The molecule has 2 aromatic heterocycles. The zero-order chi connectivity index (χ0) is 14.8. The summed E-state index contributed by atoms with van der Waals surface area (Å²) in [4.78, 5) is 4.15. The summed E-state index contributed by atoms with van der Waals surface area (Å²) in [7, 11) is -3.51. The molecule has 2 heterocycles. The van der Waals surface area contributed by atoms with Gasteiger partial charge in [-0.05, 0) is 37.3 Å². The van der Waals surface area contributed by atoms with Gasteiger partial charge in [-0.15, -0.1) is 11.3 Å². The lowest BCUT2D eigenvalue weighted by Crippen LogP contribution is -2.28. The molecule has 20 heavy (non-hydrogen) atoms. The Bertz CT molecular complexity index is 675. The zero-order valence-electron chi connectivity index (χ0n) is 11.7. The molecule has 1 N–H and O–H groups in total. The normalized spacial score (nSPS) is 13.6. The minimum atomic E-state index is -3.51. The summed E-state index contributed by atoms with van der Waals surface area (Å²) in [5, 5.41) is 5.93. The van der Waals surface area contributed by atoms with Gasteiger partial charge in [-0.1, -0.05) is 6.92 Å². The summed E-state index contributed by atoms with van der Waals surface area (Å²) in [6, 6.07) is 1.24. The molecule has 2 rings (SSSR count). The van der Waals surface area contributed by atoms with Gasteiger partial charge in [0, 0.05) is 6.54 Å². The average molecular weight is 314 g/mol. The Morgan fingerprint density at radius 3 is 2.85 bits per heavy atom. The first-order chi connectivity index (χ1) is 9.44. The van der Waals surface area contributed by atoms with Gasteiger partial charge in [0.15, 0.2) is 0 Å². The maximum absolute atomic E-state index is 12.3. The number of aromatic nitrogens is 3. The second-order valence-corrected chi connectivity index (χ2v) is 7.48. The van der Waals surface area contributed by atoms with Crippen LogP contribution in [0.15, 0.2) is 22.0 Å². The summed E-state index contributed by atoms with van der Waals surface area (Å²) in [6.45, 7) is 6.40. The Balaban J connectivity index is 2.18. The Labute approximate surface area is 122 Å².